The van der Waals surface area contributed by atoms with E-state index in [0.29, 0.717) is 20.6 Å². The lowest BCUT2D eigenvalue weighted by molar-refractivity contribution is 0.631. The average molecular weight is 276 g/mol. The van der Waals surface area contributed by atoms with Crippen molar-refractivity contribution in [1.82, 2.24) is 0 Å². The maximum atomic E-state index is 13.7. The lowest BCUT2D eigenvalue weighted by Gasteiger charge is -2.08. The fourth-order valence-corrected chi connectivity index (χ4v) is 2.09. The van der Waals surface area contributed by atoms with Gasteiger partial charge in [0.1, 0.15) is 5.82 Å². The molecule has 0 N–H and O–H groups in total. The summed E-state index contributed by atoms with van der Waals surface area (Å²) in [7, 11) is 0. The quantitative estimate of drug-likeness (QED) is 0.649. The minimum Gasteiger partial charge on any atom is -0.206 e. The second-order valence-corrected chi connectivity index (χ2v) is 4.47. The summed E-state index contributed by atoms with van der Waals surface area (Å²) < 4.78 is 13.7. The molecule has 0 atom stereocenters. The third-order valence-electron chi connectivity index (χ3n) is 2.16. The highest BCUT2D eigenvalue weighted by Crippen LogP contribution is 2.36. The van der Waals surface area contributed by atoms with E-state index in [4.69, 9.17) is 34.8 Å². The number of benzene rings is 2. The van der Waals surface area contributed by atoms with Crippen LogP contribution in [0.25, 0.3) is 11.1 Å². The molecule has 0 unspecified atom stereocenters. The second-order valence-electron chi connectivity index (χ2n) is 3.22. The molecule has 0 bridgehead atoms. The molecule has 16 heavy (non-hydrogen) atoms. The SMILES string of the molecule is Fc1cccc(Cl)c1-c1cc(Cl)ccc1Cl. The van der Waals surface area contributed by atoms with E-state index in [1.807, 2.05) is 0 Å². The molecule has 0 radical (unpaired) electrons. The lowest BCUT2D eigenvalue weighted by Crippen LogP contribution is -1.87. The zero-order valence-corrected chi connectivity index (χ0v) is 10.2. The third-order valence-corrected chi connectivity index (χ3v) is 3.04. The second kappa shape index (κ2) is 4.62. The number of hydrogen-bond acceptors (Lipinski definition) is 0. The summed E-state index contributed by atoms with van der Waals surface area (Å²) in [5, 5.41) is 1.21. The first-order valence-corrected chi connectivity index (χ1v) is 5.62. The molecule has 0 nitrogen and oxygen atoms in total. The monoisotopic (exact) mass is 274 g/mol. The van der Waals surface area contributed by atoms with Crippen molar-refractivity contribution in [1.29, 1.82) is 0 Å². The van der Waals surface area contributed by atoms with Crippen molar-refractivity contribution in [3.63, 3.8) is 0 Å². The molecular formula is C12H6Cl3F. The Kier molecular flexibility index (Phi) is 3.38. The smallest absolute Gasteiger partial charge is 0.132 e. The summed E-state index contributed by atoms with van der Waals surface area (Å²) in [4.78, 5) is 0. The summed E-state index contributed by atoms with van der Waals surface area (Å²) in [5.74, 6) is -0.420. The average Bonchev–Trinajstić information content (AvgIpc) is 2.23. The minimum absolute atomic E-state index is 0.275. The zero-order chi connectivity index (χ0) is 11.7. The molecule has 0 saturated carbocycles. The van der Waals surface area contributed by atoms with Gasteiger partial charge in [0, 0.05) is 21.2 Å². The minimum atomic E-state index is -0.420. The Morgan fingerprint density at radius 1 is 0.875 bits per heavy atom. The molecule has 82 valence electrons. The van der Waals surface area contributed by atoms with E-state index in [-0.39, 0.29) is 5.56 Å². The largest absolute Gasteiger partial charge is 0.206 e. The predicted molar refractivity (Wildman–Crippen MR) is 66.9 cm³/mol. The highest BCUT2D eigenvalue weighted by Gasteiger charge is 2.12. The van der Waals surface area contributed by atoms with Crippen LogP contribution in [-0.4, -0.2) is 0 Å². The molecule has 4 heteroatoms. The van der Waals surface area contributed by atoms with Crippen LogP contribution in [0.5, 0.6) is 0 Å². The fraction of sp³-hybridized carbons (Fsp3) is 0. The highest BCUT2D eigenvalue weighted by molar-refractivity contribution is 6.37. The summed E-state index contributed by atoms with van der Waals surface area (Å²) in [6.45, 7) is 0. The molecule has 0 heterocycles. The van der Waals surface area contributed by atoms with Gasteiger partial charge in [-0.1, -0.05) is 40.9 Å². The molecule has 0 amide bonds. The molecule has 0 fully saturated rings. The van der Waals surface area contributed by atoms with E-state index < -0.39 is 5.82 Å². The van der Waals surface area contributed by atoms with Crippen molar-refractivity contribution in [2.24, 2.45) is 0 Å². The van der Waals surface area contributed by atoms with Crippen LogP contribution in [0.4, 0.5) is 4.39 Å². The first-order valence-electron chi connectivity index (χ1n) is 4.49. The summed E-state index contributed by atoms with van der Waals surface area (Å²) in [5.41, 5.74) is 0.772. The van der Waals surface area contributed by atoms with Gasteiger partial charge in [-0.15, -0.1) is 0 Å². The van der Waals surface area contributed by atoms with Crippen LogP contribution in [-0.2, 0) is 0 Å². The van der Waals surface area contributed by atoms with E-state index in [9.17, 15) is 4.39 Å². The molecular weight excluding hydrogens is 269 g/mol. The molecule has 0 aliphatic rings. The summed E-state index contributed by atoms with van der Waals surface area (Å²) >= 11 is 17.8. The molecule has 2 rings (SSSR count). The fourth-order valence-electron chi connectivity index (χ4n) is 1.44. The van der Waals surface area contributed by atoms with Gasteiger partial charge in [0.05, 0.1) is 5.02 Å². The van der Waals surface area contributed by atoms with E-state index >= 15 is 0 Å². The van der Waals surface area contributed by atoms with Crippen LogP contribution in [0.15, 0.2) is 36.4 Å². The van der Waals surface area contributed by atoms with Crippen molar-refractivity contribution < 1.29 is 4.39 Å². The van der Waals surface area contributed by atoms with Crippen molar-refractivity contribution >= 4 is 34.8 Å². The van der Waals surface area contributed by atoms with Gasteiger partial charge in [-0.05, 0) is 30.3 Å². The first-order chi connectivity index (χ1) is 7.59. The van der Waals surface area contributed by atoms with E-state index in [2.05, 4.69) is 0 Å². The van der Waals surface area contributed by atoms with E-state index in [1.165, 1.54) is 6.07 Å². The van der Waals surface area contributed by atoms with Crippen LogP contribution >= 0.6 is 34.8 Å². The van der Waals surface area contributed by atoms with Gasteiger partial charge < -0.3 is 0 Å². The number of hydrogen-bond donors (Lipinski definition) is 0. The zero-order valence-electron chi connectivity index (χ0n) is 7.98. The Hall–Kier alpha value is -0.760. The Bertz CT molecular complexity index is 518. The Balaban J connectivity index is 2.72. The van der Waals surface area contributed by atoms with Crippen LogP contribution in [0.1, 0.15) is 0 Å². The number of rotatable bonds is 1. The van der Waals surface area contributed by atoms with Crippen molar-refractivity contribution in [3.05, 3.63) is 57.3 Å². The third kappa shape index (κ3) is 2.17. The first kappa shape index (κ1) is 11.7. The highest BCUT2D eigenvalue weighted by atomic mass is 35.5. The van der Waals surface area contributed by atoms with Crippen LogP contribution < -0.4 is 0 Å². The van der Waals surface area contributed by atoms with Crippen molar-refractivity contribution in [2.45, 2.75) is 0 Å². The predicted octanol–water partition coefficient (Wildman–Crippen LogP) is 5.45. The summed E-state index contributed by atoms with van der Waals surface area (Å²) in [6, 6.07) is 9.33. The van der Waals surface area contributed by atoms with Gasteiger partial charge in [-0.2, -0.15) is 0 Å². The Morgan fingerprint density at radius 2 is 1.62 bits per heavy atom. The topological polar surface area (TPSA) is 0 Å². The van der Waals surface area contributed by atoms with Crippen LogP contribution in [0.3, 0.4) is 0 Å². The summed E-state index contributed by atoms with van der Waals surface area (Å²) in [6.07, 6.45) is 0. The van der Waals surface area contributed by atoms with Crippen LogP contribution in [0, 0.1) is 5.82 Å². The van der Waals surface area contributed by atoms with Gasteiger partial charge in [-0.3, -0.25) is 0 Å². The van der Waals surface area contributed by atoms with Gasteiger partial charge in [0.15, 0.2) is 0 Å². The van der Waals surface area contributed by atoms with E-state index in [0.717, 1.165) is 0 Å². The normalized spacial score (nSPS) is 10.5. The standard InChI is InChI=1S/C12H6Cl3F/c13-7-4-5-9(14)8(6-7)12-10(15)2-1-3-11(12)16/h1-6H. The molecule has 0 aliphatic carbocycles. The Morgan fingerprint density at radius 3 is 2.31 bits per heavy atom. The van der Waals surface area contributed by atoms with Gasteiger partial charge in [-0.25, -0.2) is 4.39 Å². The molecule has 0 spiro atoms. The van der Waals surface area contributed by atoms with Crippen LogP contribution in [0.2, 0.25) is 15.1 Å². The molecule has 0 aliphatic heterocycles. The van der Waals surface area contributed by atoms with Crippen molar-refractivity contribution in [2.75, 3.05) is 0 Å². The maximum absolute atomic E-state index is 13.7. The molecule has 0 aromatic heterocycles. The molecule has 0 saturated heterocycles. The molecule has 2 aromatic rings. The maximum Gasteiger partial charge on any atom is 0.132 e. The van der Waals surface area contributed by atoms with Gasteiger partial charge in [0.2, 0.25) is 0 Å². The van der Waals surface area contributed by atoms with E-state index in [1.54, 1.807) is 30.3 Å². The molecule has 2 aromatic carbocycles. The lowest BCUT2D eigenvalue weighted by atomic mass is 10.1. The Labute approximate surface area is 108 Å². The number of halogens is 4. The van der Waals surface area contributed by atoms with Gasteiger partial charge in [0.25, 0.3) is 0 Å². The van der Waals surface area contributed by atoms with Crippen molar-refractivity contribution in [3.8, 4) is 11.1 Å². The van der Waals surface area contributed by atoms with Gasteiger partial charge >= 0.3 is 0 Å².